The lowest BCUT2D eigenvalue weighted by molar-refractivity contribution is -0.189. The Kier molecular flexibility index (Phi) is 4.43. The van der Waals surface area contributed by atoms with Crippen molar-refractivity contribution in [3.05, 3.63) is 30.3 Å². The van der Waals surface area contributed by atoms with Crippen LogP contribution in [-0.2, 0) is 19.4 Å². The monoisotopic (exact) mass is 396 g/mol. The zero-order valence-corrected chi connectivity index (χ0v) is 17.2. The molecule has 2 amide bonds. The molecule has 26 heavy (non-hydrogen) atoms. The number of amides is 2. The molecule has 0 aromatic heterocycles. The Morgan fingerprint density at radius 1 is 1.15 bits per heavy atom. The average molecular weight is 397 g/mol. The number of rotatable bonds is 4. The SMILES string of the molecule is CS[C@]12[C@H](S(=O)(=O)c3ccccc3)C[C@](C)(C(=O)N1C)C(=O)N2C(C)C. The van der Waals surface area contributed by atoms with Gasteiger partial charge >= 0.3 is 0 Å². The van der Waals surface area contributed by atoms with Gasteiger partial charge in [-0.2, -0.15) is 0 Å². The average Bonchev–Trinajstić information content (AvgIpc) is 2.61. The number of benzene rings is 1. The topological polar surface area (TPSA) is 74.8 Å². The lowest BCUT2D eigenvalue weighted by Crippen LogP contribution is -2.82. The van der Waals surface area contributed by atoms with E-state index in [1.807, 2.05) is 13.8 Å². The van der Waals surface area contributed by atoms with Crippen LogP contribution in [0.3, 0.4) is 0 Å². The third kappa shape index (κ3) is 2.21. The van der Waals surface area contributed by atoms with E-state index >= 15 is 0 Å². The Labute approximate surface area is 158 Å². The van der Waals surface area contributed by atoms with Gasteiger partial charge in [-0.3, -0.25) is 9.59 Å². The van der Waals surface area contributed by atoms with Crippen LogP contribution < -0.4 is 0 Å². The van der Waals surface area contributed by atoms with Gasteiger partial charge in [-0.25, -0.2) is 8.42 Å². The Balaban J connectivity index is 2.28. The first-order valence-corrected chi connectivity index (χ1v) is 11.3. The van der Waals surface area contributed by atoms with Gasteiger partial charge in [-0.05, 0) is 45.6 Å². The molecule has 0 aliphatic carbocycles. The summed E-state index contributed by atoms with van der Waals surface area (Å²) >= 11 is 1.24. The van der Waals surface area contributed by atoms with Crippen molar-refractivity contribution in [2.24, 2.45) is 5.41 Å². The smallest absolute Gasteiger partial charge is 0.240 e. The van der Waals surface area contributed by atoms with E-state index in [-0.39, 0.29) is 29.2 Å². The van der Waals surface area contributed by atoms with Crippen LogP contribution >= 0.6 is 11.8 Å². The molecule has 8 heteroatoms. The van der Waals surface area contributed by atoms with E-state index in [0.29, 0.717) is 0 Å². The lowest BCUT2D eigenvalue weighted by Gasteiger charge is -2.64. The summed E-state index contributed by atoms with van der Waals surface area (Å²) < 4.78 is 27.0. The summed E-state index contributed by atoms with van der Waals surface area (Å²) in [5, 5.41) is -0.903. The second-order valence-corrected chi connectivity index (χ2v) is 10.5. The molecule has 6 nitrogen and oxygen atoms in total. The van der Waals surface area contributed by atoms with Gasteiger partial charge in [0.2, 0.25) is 11.8 Å². The Bertz CT molecular complexity index is 855. The quantitative estimate of drug-likeness (QED) is 0.728. The lowest BCUT2D eigenvalue weighted by atomic mass is 9.73. The standard InChI is InChI=1S/C18H24N2O4S2/c1-12(2)20-16(22)17(3)11-14(18(20,25-5)19(4)15(17)21)26(23,24)13-9-7-6-8-10-13/h6-10,12,14H,11H2,1-5H3/t14-,17-,18-/m1/s1. The predicted molar refractivity (Wildman–Crippen MR) is 101 cm³/mol. The Morgan fingerprint density at radius 3 is 2.23 bits per heavy atom. The number of carbonyl (C=O) groups excluding carboxylic acids is 2. The molecular weight excluding hydrogens is 372 g/mol. The van der Waals surface area contributed by atoms with E-state index in [1.54, 1.807) is 55.5 Å². The summed E-state index contributed by atoms with van der Waals surface area (Å²) in [6, 6.07) is 8.02. The second-order valence-electron chi connectivity index (χ2n) is 7.38. The number of nitrogens with zero attached hydrogens (tertiary/aromatic N) is 2. The molecule has 142 valence electrons. The summed E-state index contributed by atoms with van der Waals surface area (Å²) in [6.07, 6.45) is 1.75. The maximum Gasteiger partial charge on any atom is 0.240 e. The van der Waals surface area contributed by atoms with Crippen molar-refractivity contribution in [2.75, 3.05) is 13.3 Å². The molecule has 2 bridgehead atoms. The van der Waals surface area contributed by atoms with Gasteiger partial charge in [-0.1, -0.05) is 18.2 Å². The van der Waals surface area contributed by atoms with Gasteiger partial charge < -0.3 is 9.80 Å². The molecule has 3 aliphatic heterocycles. The molecule has 0 radical (unpaired) electrons. The zero-order chi connectivity index (χ0) is 19.5. The highest BCUT2D eigenvalue weighted by atomic mass is 32.2. The molecule has 3 fully saturated rings. The summed E-state index contributed by atoms with van der Waals surface area (Å²) in [5.41, 5.74) is -1.36. The molecular formula is C18H24N2O4S2. The minimum absolute atomic E-state index is 0.00368. The largest absolute Gasteiger partial charge is 0.312 e. The first-order valence-electron chi connectivity index (χ1n) is 8.51. The van der Waals surface area contributed by atoms with Crippen LogP contribution in [0.25, 0.3) is 0 Å². The Morgan fingerprint density at radius 2 is 1.73 bits per heavy atom. The molecule has 0 N–H and O–H groups in total. The first kappa shape index (κ1) is 19.2. The van der Waals surface area contributed by atoms with Gasteiger partial charge in [0, 0.05) is 13.1 Å². The third-order valence-corrected chi connectivity index (χ3v) is 9.25. The van der Waals surface area contributed by atoms with Crippen molar-refractivity contribution in [1.82, 2.24) is 9.80 Å². The molecule has 0 saturated carbocycles. The van der Waals surface area contributed by atoms with Crippen LogP contribution in [0.2, 0.25) is 0 Å². The van der Waals surface area contributed by atoms with Crippen molar-refractivity contribution >= 4 is 33.4 Å². The van der Waals surface area contributed by atoms with Crippen molar-refractivity contribution in [3.63, 3.8) is 0 Å². The highest BCUT2D eigenvalue weighted by molar-refractivity contribution is 8.01. The van der Waals surface area contributed by atoms with Crippen molar-refractivity contribution in [1.29, 1.82) is 0 Å². The number of hydrogen-bond acceptors (Lipinski definition) is 5. The highest BCUT2D eigenvalue weighted by Gasteiger charge is 2.72. The van der Waals surface area contributed by atoms with Crippen LogP contribution in [0.1, 0.15) is 27.2 Å². The van der Waals surface area contributed by atoms with Crippen molar-refractivity contribution < 1.29 is 18.0 Å². The maximum atomic E-state index is 13.5. The molecule has 3 aliphatic rings. The summed E-state index contributed by atoms with van der Waals surface area (Å²) in [6.45, 7) is 5.27. The van der Waals surface area contributed by atoms with Crippen LogP contribution in [0, 0.1) is 5.41 Å². The molecule has 1 aromatic rings. The van der Waals surface area contributed by atoms with Crippen LogP contribution in [-0.4, -0.2) is 59.6 Å². The Hall–Kier alpha value is -1.54. The van der Waals surface area contributed by atoms with Crippen LogP contribution in [0.5, 0.6) is 0 Å². The number of carbonyl (C=O) groups is 2. The van der Waals surface area contributed by atoms with Crippen molar-refractivity contribution in [3.8, 4) is 0 Å². The van der Waals surface area contributed by atoms with Gasteiger partial charge in [0.1, 0.15) is 10.7 Å². The molecule has 0 unspecified atom stereocenters. The number of sulfone groups is 1. The highest BCUT2D eigenvalue weighted by Crippen LogP contribution is 2.56. The maximum absolute atomic E-state index is 13.5. The van der Waals surface area contributed by atoms with Gasteiger partial charge in [0.05, 0.1) is 4.90 Å². The molecule has 1 aromatic carbocycles. The number of hydrogen-bond donors (Lipinski definition) is 0. The predicted octanol–water partition coefficient (Wildman–Crippen LogP) is 1.96. The van der Waals surface area contributed by atoms with Crippen LogP contribution in [0.15, 0.2) is 35.2 Å². The number of fused-ring (bicyclic) bond motifs is 3. The third-order valence-electron chi connectivity index (χ3n) is 5.57. The van der Waals surface area contributed by atoms with E-state index in [9.17, 15) is 18.0 Å². The summed E-state index contributed by atoms with van der Waals surface area (Å²) in [7, 11) is -2.15. The normalized spacial score (nSPS) is 31.8. The van der Waals surface area contributed by atoms with E-state index < -0.39 is 25.5 Å². The van der Waals surface area contributed by atoms with Gasteiger partial charge in [-0.15, -0.1) is 11.8 Å². The van der Waals surface area contributed by atoms with E-state index in [2.05, 4.69) is 0 Å². The fourth-order valence-corrected chi connectivity index (χ4v) is 8.24. The van der Waals surface area contributed by atoms with E-state index in [1.165, 1.54) is 16.7 Å². The van der Waals surface area contributed by atoms with E-state index in [0.717, 1.165) is 0 Å². The minimum Gasteiger partial charge on any atom is -0.312 e. The molecule has 3 atom stereocenters. The second kappa shape index (κ2) is 5.99. The fraction of sp³-hybridized carbons (Fsp3) is 0.556. The van der Waals surface area contributed by atoms with Gasteiger partial charge in [0.25, 0.3) is 0 Å². The first-order chi connectivity index (χ1) is 12.0. The molecule has 4 rings (SSSR count). The van der Waals surface area contributed by atoms with Crippen LogP contribution in [0.4, 0.5) is 0 Å². The minimum atomic E-state index is -3.76. The summed E-state index contributed by atoms with van der Waals surface area (Å²) in [4.78, 5) is 28.1. The molecule has 3 heterocycles. The number of piperidine rings is 2. The number of thioether (sulfide) groups is 1. The van der Waals surface area contributed by atoms with Crippen molar-refractivity contribution in [2.45, 2.75) is 48.4 Å². The molecule has 0 spiro atoms. The fourth-order valence-electron chi connectivity index (χ4n) is 4.29. The van der Waals surface area contributed by atoms with Gasteiger partial charge in [0.15, 0.2) is 14.8 Å². The molecule has 3 saturated heterocycles. The van der Waals surface area contributed by atoms with E-state index in [4.69, 9.17) is 0 Å². The summed E-state index contributed by atoms with van der Waals surface area (Å²) in [5.74, 6) is -0.599. The zero-order valence-electron chi connectivity index (χ0n) is 15.6.